The largest absolute Gasteiger partial charge is 0.448 e. The first-order chi connectivity index (χ1) is 13.2. The molecule has 3 aromatic heterocycles. The van der Waals surface area contributed by atoms with E-state index in [1.807, 2.05) is 31.3 Å². The predicted octanol–water partition coefficient (Wildman–Crippen LogP) is 1.15. The lowest BCUT2D eigenvalue weighted by molar-refractivity contribution is 0.190. The molecule has 1 N–H and O–H groups in total. The summed E-state index contributed by atoms with van der Waals surface area (Å²) in [6, 6.07) is 7.52. The molecule has 0 aliphatic carbocycles. The number of benzene rings is 1. The van der Waals surface area contributed by atoms with Crippen molar-refractivity contribution in [2.75, 3.05) is 26.7 Å². The number of aromatic nitrogens is 4. The van der Waals surface area contributed by atoms with Crippen molar-refractivity contribution in [3.8, 4) is 0 Å². The van der Waals surface area contributed by atoms with E-state index >= 15 is 0 Å². The molecule has 0 saturated carbocycles. The second-order valence-corrected chi connectivity index (χ2v) is 6.70. The lowest BCUT2D eigenvalue weighted by Gasteiger charge is -2.30. The molecule has 0 spiro atoms. The fourth-order valence-electron chi connectivity index (χ4n) is 3.44. The summed E-state index contributed by atoms with van der Waals surface area (Å²) >= 11 is 0. The van der Waals surface area contributed by atoms with Gasteiger partial charge < -0.3 is 14.3 Å². The number of furan rings is 1. The van der Waals surface area contributed by atoms with Crippen LogP contribution < -0.4 is 10.9 Å². The summed E-state index contributed by atoms with van der Waals surface area (Å²) in [5, 5.41) is 8.23. The number of hydrogen-bond acceptors (Lipinski definition) is 8. The van der Waals surface area contributed by atoms with Gasteiger partial charge in [0.2, 0.25) is 11.5 Å². The van der Waals surface area contributed by atoms with Crippen LogP contribution in [0.4, 0.5) is 0 Å². The van der Waals surface area contributed by atoms with E-state index in [1.54, 1.807) is 0 Å². The molecule has 1 unspecified atom stereocenters. The zero-order chi connectivity index (χ0) is 18.4. The Labute approximate surface area is 153 Å². The minimum Gasteiger partial charge on any atom is -0.448 e. The first kappa shape index (κ1) is 16.2. The highest BCUT2D eigenvalue weighted by molar-refractivity contribution is 6.01. The summed E-state index contributed by atoms with van der Waals surface area (Å²) in [5.41, 5.74) is 1.16. The molecule has 4 heterocycles. The van der Waals surface area contributed by atoms with Crippen LogP contribution in [0, 0.1) is 0 Å². The second-order valence-electron chi connectivity index (χ2n) is 6.70. The molecule has 0 amide bonds. The molecule has 5 rings (SSSR count). The molecular weight excluding hydrogens is 348 g/mol. The highest BCUT2D eigenvalue weighted by Crippen LogP contribution is 2.24. The van der Waals surface area contributed by atoms with Gasteiger partial charge in [0.1, 0.15) is 17.6 Å². The lowest BCUT2D eigenvalue weighted by Crippen LogP contribution is -2.44. The van der Waals surface area contributed by atoms with E-state index < -0.39 is 0 Å². The summed E-state index contributed by atoms with van der Waals surface area (Å²) in [5.74, 6) is 0.980. The zero-order valence-corrected chi connectivity index (χ0v) is 14.8. The van der Waals surface area contributed by atoms with E-state index in [4.69, 9.17) is 8.94 Å². The number of likely N-dealkylation sites (N-methyl/N-ethyl adjacent to an activating group) is 1. The maximum absolute atomic E-state index is 12.8. The van der Waals surface area contributed by atoms with Gasteiger partial charge in [0.25, 0.3) is 5.56 Å². The average Bonchev–Trinajstić information content (AvgIpc) is 3.29. The molecule has 1 saturated heterocycles. The number of para-hydroxylation sites is 1. The van der Waals surface area contributed by atoms with Gasteiger partial charge in [0, 0.05) is 25.0 Å². The van der Waals surface area contributed by atoms with E-state index in [0.717, 1.165) is 25.0 Å². The summed E-state index contributed by atoms with van der Waals surface area (Å²) in [7, 11) is 2.03. The van der Waals surface area contributed by atoms with E-state index in [0.29, 0.717) is 22.8 Å². The third-order valence-corrected chi connectivity index (χ3v) is 4.95. The van der Waals surface area contributed by atoms with E-state index in [2.05, 4.69) is 25.3 Å². The highest BCUT2D eigenvalue weighted by Gasteiger charge is 2.25. The topological polar surface area (TPSA) is 102 Å². The van der Waals surface area contributed by atoms with Crippen LogP contribution in [0.3, 0.4) is 0 Å². The van der Waals surface area contributed by atoms with Gasteiger partial charge in [-0.3, -0.25) is 14.3 Å². The standard InChI is InChI=1S/C18H18N6O3/c1-23-7-6-19-8-12(23)17-21-14(27-22-17)9-24-10-20-15-11-4-2-3-5-13(11)26-16(15)18(24)25/h2-5,10,12,19H,6-9H2,1H3. The van der Waals surface area contributed by atoms with Crippen molar-refractivity contribution in [3.63, 3.8) is 0 Å². The van der Waals surface area contributed by atoms with Gasteiger partial charge >= 0.3 is 0 Å². The maximum atomic E-state index is 12.8. The Morgan fingerprint density at radius 3 is 3.11 bits per heavy atom. The maximum Gasteiger partial charge on any atom is 0.297 e. The van der Waals surface area contributed by atoms with Crippen LogP contribution in [0.15, 0.2) is 44.3 Å². The highest BCUT2D eigenvalue weighted by atomic mass is 16.5. The molecular formula is C18H18N6O3. The predicted molar refractivity (Wildman–Crippen MR) is 97.4 cm³/mol. The normalized spacial score (nSPS) is 18.5. The second kappa shape index (κ2) is 6.29. The van der Waals surface area contributed by atoms with Crippen molar-refractivity contribution in [3.05, 3.63) is 52.7 Å². The number of hydrogen-bond donors (Lipinski definition) is 1. The molecule has 4 aromatic rings. The van der Waals surface area contributed by atoms with Gasteiger partial charge in [0.15, 0.2) is 5.82 Å². The quantitative estimate of drug-likeness (QED) is 0.576. The van der Waals surface area contributed by atoms with Gasteiger partial charge in [-0.15, -0.1) is 0 Å². The first-order valence-corrected chi connectivity index (χ1v) is 8.81. The molecule has 27 heavy (non-hydrogen) atoms. The molecule has 9 nitrogen and oxygen atoms in total. The van der Waals surface area contributed by atoms with E-state index in [1.165, 1.54) is 10.9 Å². The molecule has 0 radical (unpaired) electrons. The Hall–Kier alpha value is -3.04. The molecule has 1 atom stereocenters. The lowest BCUT2D eigenvalue weighted by atomic mass is 10.2. The summed E-state index contributed by atoms with van der Waals surface area (Å²) in [4.78, 5) is 23.8. The van der Waals surface area contributed by atoms with Crippen LogP contribution in [-0.4, -0.2) is 51.3 Å². The van der Waals surface area contributed by atoms with Crippen LogP contribution in [0.5, 0.6) is 0 Å². The summed E-state index contributed by atoms with van der Waals surface area (Å²) in [6.45, 7) is 2.77. The van der Waals surface area contributed by atoms with Gasteiger partial charge in [0.05, 0.1) is 12.4 Å². The zero-order valence-electron chi connectivity index (χ0n) is 14.8. The number of fused-ring (bicyclic) bond motifs is 3. The Kier molecular flexibility index (Phi) is 3.76. The number of piperazine rings is 1. The van der Waals surface area contributed by atoms with Crippen LogP contribution >= 0.6 is 0 Å². The SMILES string of the molecule is CN1CCNCC1c1noc(Cn2cnc3c(oc4ccccc43)c2=O)n1. The van der Waals surface area contributed by atoms with Crippen molar-refractivity contribution in [2.24, 2.45) is 0 Å². The molecule has 9 heteroatoms. The Morgan fingerprint density at radius 2 is 2.22 bits per heavy atom. The molecule has 138 valence electrons. The van der Waals surface area contributed by atoms with Crippen molar-refractivity contribution >= 4 is 22.1 Å². The minimum absolute atomic E-state index is 0.0592. The third-order valence-electron chi connectivity index (χ3n) is 4.95. The Morgan fingerprint density at radius 1 is 1.33 bits per heavy atom. The Bertz CT molecular complexity index is 1180. The van der Waals surface area contributed by atoms with Crippen molar-refractivity contribution in [1.82, 2.24) is 29.9 Å². The van der Waals surface area contributed by atoms with Crippen molar-refractivity contribution < 1.29 is 8.94 Å². The molecule has 0 bridgehead atoms. The Balaban J connectivity index is 1.47. The van der Waals surface area contributed by atoms with Crippen LogP contribution in [0.2, 0.25) is 0 Å². The van der Waals surface area contributed by atoms with Gasteiger partial charge in [-0.05, 0) is 19.2 Å². The van der Waals surface area contributed by atoms with Crippen molar-refractivity contribution in [2.45, 2.75) is 12.6 Å². The first-order valence-electron chi connectivity index (χ1n) is 8.81. The monoisotopic (exact) mass is 366 g/mol. The van der Waals surface area contributed by atoms with Crippen LogP contribution in [0.1, 0.15) is 17.8 Å². The number of nitrogens with one attached hydrogen (secondary N) is 1. The molecule has 1 aliphatic rings. The fraction of sp³-hybridized carbons (Fsp3) is 0.333. The average molecular weight is 366 g/mol. The minimum atomic E-state index is -0.271. The smallest absolute Gasteiger partial charge is 0.297 e. The molecule has 1 aromatic carbocycles. The fourth-order valence-corrected chi connectivity index (χ4v) is 3.44. The van der Waals surface area contributed by atoms with E-state index in [-0.39, 0.29) is 23.7 Å². The molecule has 1 fully saturated rings. The van der Waals surface area contributed by atoms with Gasteiger partial charge in [-0.1, -0.05) is 17.3 Å². The summed E-state index contributed by atoms with van der Waals surface area (Å²) in [6.07, 6.45) is 1.49. The summed E-state index contributed by atoms with van der Waals surface area (Å²) < 4.78 is 12.5. The van der Waals surface area contributed by atoms with E-state index in [9.17, 15) is 4.79 Å². The third kappa shape index (κ3) is 2.71. The van der Waals surface area contributed by atoms with Gasteiger partial charge in [-0.25, -0.2) is 4.98 Å². The molecule has 1 aliphatic heterocycles. The van der Waals surface area contributed by atoms with Crippen molar-refractivity contribution in [1.29, 1.82) is 0 Å². The van der Waals surface area contributed by atoms with Crippen LogP contribution in [-0.2, 0) is 6.54 Å². The van der Waals surface area contributed by atoms with Gasteiger partial charge in [-0.2, -0.15) is 4.98 Å². The van der Waals surface area contributed by atoms with Crippen LogP contribution in [0.25, 0.3) is 22.1 Å². The number of rotatable bonds is 3. The number of nitrogens with zero attached hydrogens (tertiary/aromatic N) is 5.